The molecule has 1 saturated heterocycles. The largest absolute Gasteiger partial charge is 0.480 e. The van der Waals surface area contributed by atoms with Crippen LogP contribution in [0.2, 0.25) is 0 Å². The van der Waals surface area contributed by atoms with Gasteiger partial charge in [-0.3, -0.25) is 14.4 Å². The summed E-state index contributed by atoms with van der Waals surface area (Å²) in [6, 6.07) is 3.94. The van der Waals surface area contributed by atoms with Crippen molar-refractivity contribution in [3.05, 3.63) is 30.1 Å². The van der Waals surface area contributed by atoms with E-state index >= 15 is 0 Å². The van der Waals surface area contributed by atoms with Crippen LogP contribution in [-0.2, 0) is 14.4 Å². The number of hydrogen-bond acceptors (Lipinski definition) is 5. The maximum atomic E-state index is 12.9. The van der Waals surface area contributed by atoms with Crippen LogP contribution in [-0.4, -0.2) is 39.9 Å². The Morgan fingerprint density at radius 2 is 2.05 bits per heavy atom. The predicted octanol–water partition coefficient (Wildman–Crippen LogP) is 0.603. The first-order valence-corrected chi connectivity index (χ1v) is 7.17. The SMILES string of the molecule is N[C@@H](CS[C@H]1CC(=O)N(c2ccc(F)cc2)C1=O)C(=O)O. The average Bonchev–Trinajstić information content (AvgIpc) is 2.72. The second-order valence-electron chi connectivity index (χ2n) is 4.51. The van der Waals surface area contributed by atoms with Crippen molar-refractivity contribution < 1.29 is 23.9 Å². The molecule has 1 aliphatic rings. The third-order valence-electron chi connectivity index (χ3n) is 2.98. The number of rotatable bonds is 5. The van der Waals surface area contributed by atoms with E-state index in [4.69, 9.17) is 10.8 Å². The molecule has 1 aliphatic heterocycles. The third-order valence-corrected chi connectivity index (χ3v) is 4.31. The Morgan fingerprint density at radius 3 is 2.62 bits per heavy atom. The van der Waals surface area contributed by atoms with E-state index in [0.29, 0.717) is 5.69 Å². The first kappa shape index (κ1) is 15.5. The molecule has 21 heavy (non-hydrogen) atoms. The Hall–Kier alpha value is -1.93. The number of halogens is 1. The number of imide groups is 1. The fourth-order valence-corrected chi connectivity index (χ4v) is 2.98. The summed E-state index contributed by atoms with van der Waals surface area (Å²) in [5, 5.41) is 8.03. The molecule has 2 atom stereocenters. The van der Waals surface area contributed by atoms with Crippen LogP contribution in [0.25, 0.3) is 0 Å². The summed E-state index contributed by atoms with van der Waals surface area (Å²) in [5.74, 6) is -2.41. The van der Waals surface area contributed by atoms with Crippen LogP contribution in [0.15, 0.2) is 24.3 Å². The minimum absolute atomic E-state index is 0.0206. The summed E-state index contributed by atoms with van der Waals surface area (Å²) >= 11 is 1.04. The molecule has 1 aromatic carbocycles. The average molecular weight is 312 g/mol. The Labute approximate surface area is 124 Å². The monoisotopic (exact) mass is 312 g/mol. The van der Waals surface area contributed by atoms with Crippen LogP contribution in [0.4, 0.5) is 10.1 Å². The highest BCUT2D eigenvalue weighted by molar-refractivity contribution is 8.00. The van der Waals surface area contributed by atoms with E-state index in [1.54, 1.807) is 0 Å². The Morgan fingerprint density at radius 1 is 1.43 bits per heavy atom. The fourth-order valence-electron chi connectivity index (χ4n) is 1.89. The number of hydrogen-bond donors (Lipinski definition) is 2. The van der Waals surface area contributed by atoms with E-state index in [2.05, 4.69) is 0 Å². The third kappa shape index (κ3) is 3.40. The summed E-state index contributed by atoms with van der Waals surface area (Å²) in [6.45, 7) is 0. The Bertz CT molecular complexity index is 578. The number of carbonyl (C=O) groups excluding carboxylic acids is 2. The smallest absolute Gasteiger partial charge is 0.321 e. The fraction of sp³-hybridized carbons (Fsp3) is 0.308. The number of thioether (sulfide) groups is 1. The summed E-state index contributed by atoms with van der Waals surface area (Å²) in [5.41, 5.74) is 5.67. The molecule has 0 bridgehead atoms. The molecule has 1 aromatic rings. The molecule has 8 heteroatoms. The van der Waals surface area contributed by atoms with Crippen LogP contribution < -0.4 is 10.6 Å². The van der Waals surface area contributed by atoms with E-state index in [1.807, 2.05) is 0 Å². The molecule has 3 N–H and O–H groups in total. The van der Waals surface area contributed by atoms with Gasteiger partial charge >= 0.3 is 5.97 Å². The molecule has 1 heterocycles. The number of benzene rings is 1. The van der Waals surface area contributed by atoms with Gasteiger partial charge in [-0.05, 0) is 24.3 Å². The van der Waals surface area contributed by atoms with Crippen molar-refractivity contribution in [2.45, 2.75) is 17.7 Å². The molecule has 2 rings (SSSR count). The van der Waals surface area contributed by atoms with Gasteiger partial charge in [-0.15, -0.1) is 11.8 Å². The van der Waals surface area contributed by atoms with Gasteiger partial charge in [0.15, 0.2) is 0 Å². The second-order valence-corrected chi connectivity index (χ2v) is 5.75. The first-order chi connectivity index (χ1) is 9.90. The van der Waals surface area contributed by atoms with Gasteiger partial charge in [0.25, 0.3) is 0 Å². The van der Waals surface area contributed by atoms with E-state index in [-0.39, 0.29) is 12.2 Å². The molecule has 0 aliphatic carbocycles. The molecule has 0 unspecified atom stereocenters. The zero-order chi connectivity index (χ0) is 15.6. The van der Waals surface area contributed by atoms with Gasteiger partial charge in [0.1, 0.15) is 11.9 Å². The van der Waals surface area contributed by atoms with Crippen LogP contribution in [0, 0.1) is 5.82 Å². The van der Waals surface area contributed by atoms with E-state index in [0.717, 1.165) is 28.8 Å². The molecule has 6 nitrogen and oxygen atoms in total. The number of carboxylic acids is 1. The van der Waals surface area contributed by atoms with Crippen LogP contribution in [0.1, 0.15) is 6.42 Å². The van der Waals surface area contributed by atoms with Gasteiger partial charge < -0.3 is 10.8 Å². The lowest BCUT2D eigenvalue weighted by Gasteiger charge is -2.15. The topological polar surface area (TPSA) is 101 Å². The number of carbonyl (C=O) groups is 3. The van der Waals surface area contributed by atoms with Gasteiger partial charge in [-0.2, -0.15) is 0 Å². The van der Waals surface area contributed by atoms with Crippen molar-refractivity contribution in [3.63, 3.8) is 0 Å². The summed E-state index contributed by atoms with van der Waals surface area (Å²) in [6.07, 6.45) is -0.0206. The van der Waals surface area contributed by atoms with Gasteiger partial charge in [-0.25, -0.2) is 9.29 Å². The van der Waals surface area contributed by atoms with E-state index in [1.165, 1.54) is 12.1 Å². The molecule has 0 aromatic heterocycles. The maximum Gasteiger partial charge on any atom is 0.321 e. The number of amides is 2. The van der Waals surface area contributed by atoms with Crippen molar-refractivity contribution in [2.75, 3.05) is 10.7 Å². The second kappa shape index (κ2) is 6.23. The van der Waals surface area contributed by atoms with E-state index < -0.39 is 34.9 Å². The summed E-state index contributed by atoms with van der Waals surface area (Å²) in [4.78, 5) is 35.7. The zero-order valence-corrected chi connectivity index (χ0v) is 11.7. The minimum Gasteiger partial charge on any atom is -0.480 e. The number of carboxylic acid groups (broad SMARTS) is 1. The van der Waals surface area contributed by atoms with Gasteiger partial charge in [-0.1, -0.05) is 0 Å². The molecule has 0 saturated carbocycles. The zero-order valence-electron chi connectivity index (χ0n) is 10.9. The van der Waals surface area contributed by atoms with Crippen molar-refractivity contribution >= 4 is 35.2 Å². The van der Waals surface area contributed by atoms with Crippen molar-refractivity contribution in [1.29, 1.82) is 0 Å². The molecular formula is C13H13FN2O4S. The highest BCUT2D eigenvalue weighted by Gasteiger charge is 2.40. The number of nitrogens with zero attached hydrogens (tertiary/aromatic N) is 1. The highest BCUT2D eigenvalue weighted by Crippen LogP contribution is 2.29. The Kier molecular flexibility index (Phi) is 4.59. The molecule has 0 radical (unpaired) electrons. The van der Waals surface area contributed by atoms with Gasteiger partial charge in [0.05, 0.1) is 10.9 Å². The number of anilines is 1. The quantitative estimate of drug-likeness (QED) is 0.772. The first-order valence-electron chi connectivity index (χ1n) is 6.12. The van der Waals surface area contributed by atoms with Crippen LogP contribution in [0.3, 0.4) is 0 Å². The lowest BCUT2D eigenvalue weighted by atomic mass is 10.3. The summed E-state index contributed by atoms with van der Waals surface area (Å²) in [7, 11) is 0. The van der Waals surface area contributed by atoms with Crippen LogP contribution in [0.5, 0.6) is 0 Å². The molecule has 112 valence electrons. The van der Waals surface area contributed by atoms with Gasteiger partial charge in [0.2, 0.25) is 11.8 Å². The standard InChI is InChI=1S/C13H13FN2O4S/c14-7-1-3-8(4-2-7)16-11(17)5-10(12(16)18)21-6-9(15)13(19)20/h1-4,9-10H,5-6,15H2,(H,19,20)/t9-,10-/m0/s1. The number of aliphatic carboxylic acids is 1. The lowest BCUT2D eigenvalue weighted by Crippen LogP contribution is -2.35. The highest BCUT2D eigenvalue weighted by atomic mass is 32.2. The maximum absolute atomic E-state index is 12.9. The van der Waals surface area contributed by atoms with Crippen molar-refractivity contribution in [1.82, 2.24) is 0 Å². The molecule has 1 fully saturated rings. The van der Waals surface area contributed by atoms with E-state index in [9.17, 15) is 18.8 Å². The van der Waals surface area contributed by atoms with Crippen molar-refractivity contribution in [2.24, 2.45) is 5.73 Å². The molecule has 2 amide bonds. The normalized spacial score (nSPS) is 19.9. The van der Waals surface area contributed by atoms with Gasteiger partial charge in [0, 0.05) is 12.2 Å². The summed E-state index contributed by atoms with van der Waals surface area (Å²) < 4.78 is 12.9. The predicted molar refractivity (Wildman–Crippen MR) is 75.4 cm³/mol. The minimum atomic E-state index is -1.16. The van der Waals surface area contributed by atoms with Crippen molar-refractivity contribution in [3.8, 4) is 0 Å². The lowest BCUT2D eigenvalue weighted by molar-refractivity contribution is -0.138. The molecule has 0 spiro atoms. The number of nitrogens with two attached hydrogens (primary N) is 1. The molecular weight excluding hydrogens is 299 g/mol. The van der Waals surface area contributed by atoms with Crippen LogP contribution >= 0.6 is 11.8 Å². The Balaban J connectivity index is 2.06.